The monoisotopic (exact) mass is 243 g/mol. The molecule has 16 heavy (non-hydrogen) atoms. The van der Waals surface area contributed by atoms with Crippen LogP contribution in [0.2, 0.25) is 5.02 Å². The van der Waals surface area contributed by atoms with Crippen LogP contribution in [0.5, 0.6) is 0 Å². The minimum atomic E-state index is -0.425. The van der Waals surface area contributed by atoms with Gasteiger partial charge in [-0.1, -0.05) is 18.5 Å². The molecule has 0 bridgehead atoms. The zero-order valence-corrected chi connectivity index (χ0v) is 9.75. The Balaban J connectivity index is 2.68. The van der Waals surface area contributed by atoms with Crippen molar-refractivity contribution in [2.24, 2.45) is 0 Å². The van der Waals surface area contributed by atoms with Gasteiger partial charge in [-0.05, 0) is 18.7 Å². The third-order valence-corrected chi connectivity index (χ3v) is 2.26. The van der Waals surface area contributed by atoms with E-state index >= 15 is 0 Å². The van der Waals surface area contributed by atoms with Crippen LogP contribution in [0.4, 0.5) is 11.4 Å². The molecule has 0 radical (unpaired) electrons. The fourth-order valence-corrected chi connectivity index (χ4v) is 1.44. The molecule has 0 atom stereocenters. The first kappa shape index (κ1) is 12.7. The Labute approximate surface area is 98.9 Å². The Bertz CT molecular complexity index is 371. The Morgan fingerprint density at radius 1 is 1.44 bits per heavy atom. The highest BCUT2D eigenvalue weighted by molar-refractivity contribution is 6.31. The van der Waals surface area contributed by atoms with Crippen molar-refractivity contribution in [3.8, 4) is 0 Å². The van der Waals surface area contributed by atoms with Gasteiger partial charge in [-0.25, -0.2) is 0 Å². The number of hydrogen-bond donors (Lipinski definition) is 2. The largest absolute Gasteiger partial charge is 0.378 e. The quantitative estimate of drug-likeness (QED) is 0.457. The highest BCUT2D eigenvalue weighted by Crippen LogP contribution is 2.27. The number of nitrogens with zero attached hydrogens (tertiary/aromatic N) is 1. The van der Waals surface area contributed by atoms with E-state index < -0.39 is 4.92 Å². The maximum atomic E-state index is 10.7. The predicted octanol–water partition coefficient (Wildman–Crippen LogP) is 2.27. The lowest BCUT2D eigenvalue weighted by molar-refractivity contribution is -0.384. The lowest BCUT2D eigenvalue weighted by Crippen LogP contribution is -2.21. The van der Waals surface area contributed by atoms with Gasteiger partial charge in [-0.15, -0.1) is 0 Å². The van der Waals surface area contributed by atoms with Gasteiger partial charge in [-0.2, -0.15) is 0 Å². The van der Waals surface area contributed by atoms with Gasteiger partial charge < -0.3 is 10.6 Å². The molecule has 0 aromatic heterocycles. The summed E-state index contributed by atoms with van der Waals surface area (Å²) in [5.41, 5.74) is 0.497. The average molecular weight is 244 g/mol. The van der Waals surface area contributed by atoms with Crippen molar-refractivity contribution in [1.82, 2.24) is 5.32 Å². The van der Waals surface area contributed by atoms with Gasteiger partial charge in [0.25, 0.3) is 5.69 Å². The summed E-state index contributed by atoms with van der Waals surface area (Å²) in [6, 6.07) is 4.47. The summed E-state index contributed by atoms with van der Waals surface area (Å²) in [4.78, 5) is 10.3. The molecule has 0 aliphatic carbocycles. The van der Waals surface area contributed by atoms with Crippen molar-refractivity contribution in [2.75, 3.05) is 25.0 Å². The predicted molar refractivity (Wildman–Crippen MR) is 65.1 cm³/mol. The van der Waals surface area contributed by atoms with Crippen LogP contribution in [0.1, 0.15) is 6.92 Å². The van der Waals surface area contributed by atoms with Crippen LogP contribution < -0.4 is 10.6 Å². The Hall–Kier alpha value is -1.33. The second kappa shape index (κ2) is 6.30. The topological polar surface area (TPSA) is 67.2 Å². The molecule has 0 unspecified atom stereocenters. The van der Waals surface area contributed by atoms with Crippen LogP contribution in [0, 0.1) is 10.1 Å². The number of likely N-dealkylation sites (N-methyl/N-ethyl adjacent to an activating group) is 1. The number of hydrogen-bond acceptors (Lipinski definition) is 4. The highest BCUT2D eigenvalue weighted by Gasteiger charge is 2.12. The van der Waals surface area contributed by atoms with Gasteiger partial charge in [0.05, 0.1) is 4.92 Å². The van der Waals surface area contributed by atoms with E-state index in [1.807, 2.05) is 6.92 Å². The van der Waals surface area contributed by atoms with Gasteiger partial charge >= 0.3 is 0 Å². The van der Waals surface area contributed by atoms with Crippen LogP contribution in [0.25, 0.3) is 0 Å². The molecule has 0 heterocycles. The molecule has 1 aromatic carbocycles. The first-order valence-corrected chi connectivity index (χ1v) is 5.41. The Kier molecular flexibility index (Phi) is 5.01. The van der Waals surface area contributed by atoms with Crippen LogP contribution >= 0.6 is 11.6 Å². The second-order valence-electron chi connectivity index (χ2n) is 3.20. The minimum Gasteiger partial charge on any atom is -0.378 e. The summed E-state index contributed by atoms with van der Waals surface area (Å²) >= 11 is 5.78. The molecule has 0 aliphatic rings. The van der Waals surface area contributed by atoms with E-state index in [0.717, 1.165) is 13.1 Å². The molecule has 0 fully saturated rings. The zero-order valence-electron chi connectivity index (χ0n) is 9.00. The van der Waals surface area contributed by atoms with E-state index in [4.69, 9.17) is 11.6 Å². The van der Waals surface area contributed by atoms with Crippen molar-refractivity contribution < 1.29 is 4.92 Å². The summed E-state index contributed by atoms with van der Waals surface area (Å²) < 4.78 is 0. The number of rotatable bonds is 6. The van der Waals surface area contributed by atoms with Gasteiger partial charge in [0.1, 0.15) is 5.69 Å². The first-order chi connectivity index (χ1) is 7.65. The molecule has 88 valence electrons. The molecular formula is C10H14ClN3O2. The van der Waals surface area contributed by atoms with E-state index in [9.17, 15) is 10.1 Å². The molecule has 0 aliphatic heterocycles. The molecule has 5 nitrogen and oxygen atoms in total. The van der Waals surface area contributed by atoms with E-state index in [2.05, 4.69) is 10.6 Å². The van der Waals surface area contributed by atoms with Crippen LogP contribution in [-0.2, 0) is 0 Å². The maximum absolute atomic E-state index is 10.7. The molecule has 0 amide bonds. The van der Waals surface area contributed by atoms with Crippen LogP contribution in [0.15, 0.2) is 18.2 Å². The molecule has 0 saturated heterocycles. The Morgan fingerprint density at radius 2 is 2.19 bits per heavy atom. The summed E-state index contributed by atoms with van der Waals surface area (Å²) in [6.07, 6.45) is 0. The van der Waals surface area contributed by atoms with E-state index in [-0.39, 0.29) is 5.69 Å². The highest BCUT2D eigenvalue weighted by atomic mass is 35.5. The molecule has 0 saturated carbocycles. The van der Waals surface area contributed by atoms with Gasteiger partial charge in [0.2, 0.25) is 0 Å². The SMILES string of the molecule is CCNCCNc1cc(Cl)ccc1[N+](=O)[O-]. The third kappa shape index (κ3) is 3.67. The molecule has 1 aromatic rings. The summed E-state index contributed by atoms with van der Waals surface area (Å²) in [5.74, 6) is 0. The smallest absolute Gasteiger partial charge is 0.292 e. The maximum Gasteiger partial charge on any atom is 0.292 e. The standard InChI is InChI=1S/C10H14ClN3O2/c1-2-12-5-6-13-9-7-8(11)3-4-10(9)14(15)16/h3-4,7,12-13H,2,5-6H2,1H3. The van der Waals surface area contributed by atoms with Gasteiger partial charge in [0.15, 0.2) is 0 Å². The first-order valence-electron chi connectivity index (χ1n) is 5.03. The number of halogens is 1. The van der Waals surface area contributed by atoms with Crippen molar-refractivity contribution >= 4 is 23.0 Å². The molecular weight excluding hydrogens is 230 g/mol. The van der Waals surface area contributed by atoms with E-state index in [0.29, 0.717) is 17.3 Å². The lowest BCUT2D eigenvalue weighted by atomic mass is 10.2. The summed E-state index contributed by atoms with van der Waals surface area (Å²) in [5, 5.41) is 17.3. The number of nitro benzene ring substituents is 1. The lowest BCUT2D eigenvalue weighted by Gasteiger charge is -2.07. The number of benzene rings is 1. The van der Waals surface area contributed by atoms with Crippen molar-refractivity contribution in [3.63, 3.8) is 0 Å². The fourth-order valence-electron chi connectivity index (χ4n) is 1.27. The van der Waals surface area contributed by atoms with Crippen molar-refractivity contribution in [1.29, 1.82) is 0 Å². The number of nitrogens with one attached hydrogen (secondary N) is 2. The minimum absolute atomic E-state index is 0.0425. The molecule has 6 heteroatoms. The fraction of sp³-hybridized carbons (Fsp3) is 0.400. The Morgan fingerprint density at radius 3 is 2.81 bits per heavy atom. The van der Waals surface area contributed by atoms with E-state index in [1.165, 1.54) is 12.1 Å². The van der Waals surface area contributed by atoms with Crippen LogP contribution in [0.3, 0.4) is 0 Å². The molecule has 1 rings (SSSR count). The summed E-state index contributed by atoms with van der Waals surface area (Å²) in [6.45, 7) is 4.25. The zero-order chi connectivity index (χ0) is 12.0. The van der Waals surface area contributed by atoms with E-state index in [1.54, 1.807) is 6.07 Å². The molecule has 0 spiro atoms. The van der Waals surface area contributed by atoms with Crippen molar-refractivity contribution in [3.05, 3.63) is 33.3 Å². The molecule has 2 N–H and O–H groups in total. The second-order valence-corrected chi connectivity index (χ2v) is 3.64. The van der Waals surface area contributed by atoms with Crippen LogP contribution in [-0.4, -0.2) is 24.6 Å². The number of nitro groups is 1. The average Bonchev–Trinajstić information content (AvgIpc) is 2.24. The normalized spacial score (nSPS) is 10.1. The van der Waals surface area contributed by atoms with Gasteiger partial charge in [0, 0.05) is 24.2 Å². The van der Waals surface area contributed by atoms with Crippen molar-refractivity contribution in [2.45, 2.75) is 6.92 Å². The summed E-state index contributed by atoms with van der Waals surface area (Å²) in [7, 11) is 0. The third-order valence-electron chi connectivity index (χ3n) is 2.02. The number of anilines is 1. The van der Waals surface area contributed by atoms with Gasteiger partial charge in [-0.3, -0.25) is 10.1 Å².